The van der Waals surface area contributed by atoms with Gasteiger partial charge in [0.15, 0.2) is 0 Å². The van der Waals surface area contributed by atoms with Gasteiger partial charge < -0.3 is 14.4 Å². The number of nitro groups is 1. The van der Waals surface area contributed by atoms with E-state index in [-0.39, 0.29) is 17.2 Å². The number of amides is 1. The van der Waals surface area contributed by atoms with Crippen LogP contribution >= 0.6 is 0 Å². The molecule has 0 aromatic heterocycles. The maximum atomic E-state index is 13.2. The third-order valence-electron chi connectivity index (χ3n) is 4.85. The van der Waals surface area contributed by atoms with Gasteiger partial charge in [0.25, 0.3) is 11.6 Å². The number of carbonyl (C=O) groups excluding carboxylic acids is 1. The molecule has 3 rings (SSSR count). The summed E-state index contributed by atoms with van der Waals surface area (Å²) in [5.41, 5.74) is 0.0647. The Balaban J connectivity index is 1.93. The van der Waals surface area contributed by atoms with Crippen molar-refractivity contribution in [2.24, 2.45) is 11.8 Å². The first-order valence-corrected chi connectivity index (χ1v) is 9.27. The molecule has 148 valence electrons. The van der Waals surface area contributed by atoms with Crippen LogP contribution in [0.1, 0.15) is 30.6 Å². The van der Waals surface area contributed by atoms with Crippen molar-refractivity contribution in [2.75, 3.05) is 20.2 Å². The fraction of sp³-hybridized carbons (Fsp3) is 0.381. The molecular formula is C21H24N2O5. The van der Waals surface area contributed by atoms with E-state index in [1.54, 1.807) is 36.3 Å². The minimum Gasteiger partial charge on any atom is -0.497 e. The molecule has 2 unspecified atom stereocenters. The standard InChI is InChI=1S/C21H24N2O5/c1-14-10-15(2)13-22(12-14)21(24)19-11-16(23(25)26)4-9-20(19)28-18-7-5-17(27-3)6-8-18/h4-9,11,14-15H,10,12-13H2,1-3H3. The SMILES string of the molecule is COc1ccc(Oc2ccc([N+](=O)[O-])cc2C(=O)N2CC(C)CC(C)C2)cc1. The average Bonchev–Trinajstić information content (AvgIpc) is 2.67. The maximum absolute atomic E-state index is 13.2. The van der Waals surface area contributed by atoms with Crippen LogP contribution in [0, 0.1) is 22.0 Å². The summed E-state index contributed by atoms with van der Waals surface area (Å²) in [6.45, 7) is 5.48. The maximum Gasteiger partial charge on any atom is 0.270 e. The number of ether oxygens (including phenoxy) is 2. The first-order chi connectivity index (χ1) is 13.4. The fourth-order valence-electron chi connectivity index (χ4n) is 3.66. The molecular weight excluding hydrogens is 360 g/mol. The summed E-state index contributed by atoms with van der Waals surface area (Å²) in [5.74, 6) is 2.03. The molecule has 0 radical (unpaired) electrons. The Hall–Kier alpha value is -3.09. The van der Waals surface area contributed by atoms with Gasteiger partial charge in [-0.25, -0.2) is 0 Å². The van der Waals surface area contributed by atoms with Gasteiger partial charge >= 0.3 is 0 Å². The van der Waals surface area contributed by atoms with Crippen LogP contribution in [0.15, 0.2) is 42.5 Å². The van der Waals surface area contributed by atoms with Crippen LogP contribution < -0.4 is 9.47 Å². The predicted octanol–water partition coefficient (Wildman–Crippen LogP) is 4.51. The van der Waals surface area contributed by atoms with Crippen molar-refractivity contribution < 1.29 is 19.2 Å². The molecule has 1 fully saturated rings. The highest BCUT2D eigenvalue weighted by Gasteiger charge is 2.29. The van der Waals surface area contributed by atoms with Gasteiger partial charge in [-0.3, -0.25) is 14.9 Å². The zero-order valence-electron chi connectivity index (χ0n) is 16.3. The number of nitrogens with zero attached hydrogens (tertiary/aromatic N) is 2. The van der Waals surface area contributed by atoms with Crippen LogP contribution in [0.4, 0.5) is 5.69 Å². The van der Waals surface area contributed by atoms with Crippen LogP contribution in [-0.2, 0) is 0 Å². The zero-order valence-corrected chi connectivity index (χ0v) is 16.3. The first-order valence-electron chi connectivity index (χ1n) is 9.27. The fourth-order valence-corrected chi connectivity index (χ4v) is 3.66. The number of nitro benzene ring substituents is 1. The number of non-ortho nitro benzene ring substituents is 1. The van der Waals surface area contributed by atoms with Gasteiger partial charge in [-0.1, -0.05) is 13.8 Å². The molecule has 2 atom stereocenters. The molecule has 1 saturated heterocycles. The molecule has 7 nitrogen and oxygen atoms in total. The summed E-state index contributed by atoms with van der Waals surface area (Å²) < 4.78 is 11.0. The third-order valence-corrected chi connectivity index (χ3v) is 4.85. The second-order valence-electron chi connectivity index (χ2n) is 7.37. The van der Waals surface area contributed by atoms with Crippen molar-refractivity contribution >= 4 is 11.6 Å². The lowest BCUT2D eigenvalue weighted by atomic mass is 9.91. The van der Waals surface area contributed by atoms with E-state index in [1.807, 2.05) is 0 Å². The first kappa shape index (κ1) is 19.7. The topological polar surface area (TPSA) is 81.9 Å². The lowest BCUT2D eigenvalue weighted by Crippen LogP contribution is -2.42. The Labute approximate surface area is 164 Å². The summed E-state index contributed by atoms with van der Waals surface area (Å²) in [6.07, 6.45) is 1.06. The second kappa shape index (κ2) is 8.29. The second-order valence-corrected chi connectivity index (χ2v) is 7.37. The van der Waals surface area contributed by atoms with E-state index in [0.29, 0.717) is 42.2 Å². The smallest absolute Gasteiger partial charge is 0.270 e. The van der Waals surface area contributed by atoms with Crippen molar-refractivity contribution in [3.05, 3.63) is 58.1 Å². The molecule has 1 aliphatic heterocycles. The van der Waals surface area contributed by atoms with E-state index < -0.39 is 4.92 Å². The molecule has 0 spiro atoms. The summed E-state index contributed by atoms with van der Waals surface area (Å²) in [7, 11) is 1.57. The highest BCUT2D eigenvalue weighted by atomic mass is 16.6. The van der Waals surface area contributed by atoms with Gasteiger partial charge in [-0.2, -0.15) is 0 Å². The minimum absolute atomic E-state index is 0.136. The van der Waals surface area contributed by atoms with Gasteiger partial charge in [0, 0.05) is 25.2 Å². The molecule has 1 heterocycles. The van der Waals surface area contributed by atoms with E-state index in [9.17, 15) is 14.9 Å². The lowest BCUT2D eigenvalue weighted by molar-refractivity contribution is -0.384. The Kier molecular flexibility index (Phi) is 5.82. The van der Waals surface area contributed by atoms with Gasteiger partial charge in [0.1, 0.15) is 17.2 Å². The van der Waals surface area contributed by atoms with E-state index >= 15 is 0 Å². The summed E-state index contributed by atoms with van der Waals surface area (Å²) >= 11 is 0. The van der Waals surface area contributed by atoms with E-state index in [1.165, 1.54) is 18.2 Å². The molecule has 2 aromatic carbocycles. The Morgan fingerprint density at radius 1 is 1.07 bits per heavy atom. The normalized spacial score (nSPS) is 19.2. The van der Waals surface area contributed by atoms with Crippen molar-refractivity contribution in [2.45, 2.75) is 20.3 Å². The summed E-state index contributed by atoms with van der Waals surface area (Å²) in [6, 6.07) is 11.1. The van der Waals surface area contributed by atoms with Crippen LogP contribution in [-0.4, -0.2) is 35.9 Å². The molecule has 0 bridgehead atoms. The largest absolute Gasteiger partial charge is 0.497 e. The monoisotopic (exact) mass is 384 g/mol. The molecule has 7 heteroatoms. The number of methoxy groups -OCH3 is 1. The molecule has 1 aliphatic rings. The number of likely N-dealkylation sites (tertiary alicyclic amines) is 1. The number of piperidine rings is 1. The Morgan fingerprint density at radius 3 is 2.25 bits per heavy atom. The minimum atomic E-state index is -0.505. The Morgan fingerprint density at radius 2 is 1.68 bits per heavy atom. The molecule has 2 aromatic rings. The van der Waals surface area contributed by atoms with Crippen molar-refractivity contribution in [3.8, 4) is 17.2 Å². The summed E-state index contributed by atoms with van der Waals surface area (Å²) in [5, 5.41) is 11.2. The molecule has 0 aliphatic carbocycles. The van der Waals surface area contributed by atoms with Crippen molar-refractivity contribution in [3.63, 3.8) is 0 Å². The molecule has 0 saturated carbocycles. The van der Waals surface area contributed by atoms with Crippen LogP contribution in [0.2, 0.25) is 0 Å². The zero-order chi connectivity index (χ0) is 20.3. The van der Waals surface area contributed by atoms with Crippen LogP contribution in [0.25, 0.3) is 0 Å². The van der Waals surface area contributed by atoms with Crippen LogP contribution in [0.3, 0.4) is 0 Å². The Bertz CT molecular complexity index is 856. The van der Waals surface area contributed by atoms with Gasteiger partial charge in [0.2, 0.25) is 0 Å². The number of hydrogen-bond acceptors (Lipinski definition) is 5. The number of hydrogen-bond donors (Lipinski definition) is 0. The highest BCUT2D eigenvalue weighted by Crippen LogP contribution is 2.32. The summed E-state index contributed by atoms with van der Waals surface area (Å²) in [4.78, 5) is 25.7. The average molecular weight is 384 g/mol. The van der Waals surface area contributed by atoms with Gasteiger partial charge in [0.05, 0.1) is 17.6 Å². The van der Waals surface area contributed by atoms with Gasteiger partial charge in [-0.15, -0.1) is 0 Å². The molecule has 0 N–H and O–H groups in total. The van der Waals surface area contributed by atoms with Crippen LogP contribution in [0.5, 0.6) is 17.2 Å². The number of rotatable bonds is 5. The van der Waals surface area contributed by atoms with Crippen molar-refractivity contribution in [1.29, 1.82) is 0 Å². The number of benzene rings is 2. The number of carbonyl (C=O) groups is 1. The van der Waals surface area contributed by atoms with E-state index in [2.05, 4.69) is 13.8 Å². The van der Waals surface area contributed by atoms with Crippen molar-refractivity contribution in [1.82, 2.24) is 4.90 Å². The molecule has 28 heavy (non-hydrogen) atoms. The highest BCUT2D eigenvalue weighted by molar-refractivity contribution is 5.97. The molecule has 1 amide bonds. The van der Waals surface area contributed by atoms with E-state index in [0.717, 1.165) is 6.42 Å². The van der Waals surface area contributed by atoms with Gasteiger partial charge in [-0.05, 0) is 48.6 Å². The lowest BCUT2D eigenvalue weighted by Gasteiger charge is -2.35. The third kappa shape index (κ3) is 4.42. The van der Waals surface area contributed by atoms with E-state index in [4.69, 9.17) is 9.47 Å². The quantitative estimate of drug-likeness (QED) is 0.559. The predicted molar refractivity (Wildman–Crippen MR) is 105 cm³/mol.